The van der Waals surface area contributed by atoms with Crippen LogP contribution >= 0.6 is 11.6 Å². The Hall–Kier alpha value is -2.79. The number of ether oxygens (including phenoxy) is 1. The maximum absolute atomic E-state index is 6.33. The molecule has 0 spiro atoms. The van der Waals surface area contributed by atoms with Gasteiger partial charge in [0.05, 0.1) is 5.56 Å². The van der Waals surface area contributed by atoms with Gasteiger partial charge in [-0.2, -0.15) is 0 Å². The Morgan fingerprint density at radius 2 is 2.08 bits per heavy atom. The molecule has 0 radical (unpaired) electrons. The molecule has 0 unspecified atom stereocenters. The summed E-state index contributed by atoms with van der Waals surface area (Å²) in [7, 11) is 0. The first kappa shape index (κ1) is 17.0. The molecule has 2 aromatic heterocycles. The Morgan fingerprint density at radius 1 is 1.24 bits per heavy atom. The number of furan rings is 1. The predicted molar refractivity (Wildman–Crippen MR) is 97.3 cm³/mol. The zero-order chi connectivity index (χ0) is 17.8. The van der Waals surface area contributed by atoms with Crippen molar-refractivity contribution in [2.45, 2.75) is 13.8 Å². The number of hydrogen-bond donors (Lipinski definition) is 0. The van der Waals surface area contributed by atoms with Crippen molar-refractivity contribution in [1.29, 1.82) is 0 Å². The van der Waals surface area contributed by atoms with Crippen molar-refractivity contribution in [3.05, 3.63) is 66.0 Å². The molecule has 0 atom stereocenters. The van der Waals surface area contributed by atoms with E-state index in [1.54, 1.807) is 12.2 Å². The number of rotatable bonds is 6. The zero-order valence-electron chi connectivity index (χ0n) is 14.0. The fourth-order valence-electron chi connectivity index (χ4n) is 2.33. The van der Waals surface area contributed by atoms with Gasteiger partial charge in [0, 0.05) is 0 Å². The lowest BCUT2D eigenvalue weighted by molar-refractivity contribution is 0.363. The smallest absolute Gasteiger partial charge is 0.259 e. The molecule has 0 amide bonds. The number of aromatic nitrogens is 2. The third-order valence-corrected chi connectivity index (χ3v) is 3.69. The topological polar surface area (TPSA) is 61.3 Å². The van der Waals surface area contributed by atoms with Crippen LogP contribution in [0.1, 0.15) is 23.0 Å². The van der Waals surface area contributed by atoms with Gasteiger partial charge in [-0.1, -0.05) is 36.4 Å². The van der Waals surface area contributed by atoms with Gasteiger partial charge in [-0.15, -0.1) is 10.2 Å². The quantitative estimate of drug-likeness (QED) is 0.564. The Kier molecular flexibility index (Phi) is 5.05. The monoisotopic (exact) mass is 356 g/mol. The van der Waals surface area contributed by atoms with E-state index in [0.717, 1.165) is 28.4 Å². The van der Waals surface area contributed by atoms with Crippen molar-refractivity contribution >= 4 is 22.7 Å². The third kappa shape index (κ3) is 4.00. The minimum absolute atomic E-state index is 0.243. The van der Waals surface area contributed by atoms with Crippen LogP contribution in [0.5, 0.6) is 5.75 Å². The lowest BCUT2D eigenvalue weighted by atomic mass is 10.2. The van der Waals surface area contributed by atoms with Gasteiger partial charge in [0.15, 0.2) is 0 Å². The molecule has 1 aromatic carbocycles. The van der Waals surface area contributed by atoms with Crippen LogP contribution in [0.15, 0.2) is 51.8 Å². The number of hydrogen-bond acceptors (Lipinski definition) is 5. The summed E-state index contributed by atoms with van der Waals surface area (Å²) in [6, 6.07) is 9.37. The fourth-order valence-corrected chi connectivity index (χ4v) is 2.53. The summed E-state index contributed by atoms with van der Waals surface area (Å²) in [4.78, 5) is 0. The van der Waals surface area contributed by atoms with Crippen LogP contribution in [0.25, 0.3) is 22.6 Å². The molecule has 0 saturated carbocycles. The average Bonchev–Trinajstić information content (AvgIpc) is 3.19. The van der Waals surface area contributed by atoms with Gasteiger partial charge < -0.3 is 13.6 Å². The summed E-state index contributed by atoms with van der Waals surface area (Å²) in [5.74, 6) is 2.85. The highest BCUT2D eigenvalue weighted by atomic mass is 35.5. The minimum atomic E-state index is 0.243. The molecule has 3 aromatic rings. The Labute approximate surface area is 150 Å². The molecule has 2 heterocycles. The SMILES string of the molecule is C=CCOc1cccc(/C=C(\Cl)c2nnc(-c3cc(C)oc3C)o2)c1. The Morgan fingerprint density at radius 3 is 2.80 bits per heavy atom. The van der Waals surface area contributed by atoms with E-state index in [-0.39, 0.29) is 5.89 Å². The molecule has 25 heavy (non-hydrogen) atoms. The lowest BCUT2D eigenvalue weighted by Crippen LogP contribution is -1.92. The van der Waals surface area contributed by atoms with Crippen molar-refractivity contribution in [2.24, 2.45) is 0 Å². The molecule has 6 heteroatoms. The van der Waals surface area contributed by atoms with Gasteiger partial charge in [0.2, 0.25) is 0 Å². The van der Waals surface area contributed by atoms with Gasteiger partial charge in [-0.05, 0) is 43.7 Å². The highest BCUT2D eigenvalue weighted by molar-refractivity contribution is 6.50. The van der Waals surface area contributed by atoms with E-state index >= 15 is 0 Å². The van der Waals surface area contributed by atoms with Crippen molar-refractivity contribution < 1.29 is 13.6 Å². The van der Waals surface area contributed by atoms with Crippen LogP contribution in [-0.4, -0.2) is 16.8 Å². The normalized spacial score (nSPS) is 11.6. The second kappa shape index (κ2) is 7.40. The first-order valence-electron chi connectivity index (χ1n) is 7.69. The van der Waals surface area contributed by atoms with Crippen molar-refractivity contribution in [3.8, 4) is 17.2 Å². The van der Waals surface area contributed by atoms with Crippen LogP contribution in [0, 0.1) is 13.8 Å². The number of aryl methyl sites for hydroxylation is 2. The third-order valence-electron chi connectivity index (χ3n) is 3.42. The van der Waals surface area contributed by atoms with Crippen LogP contribution in [0.3, 0.4) is 0 Å². The summed E-state index contributed by atoms with van der Waals surface area (Å²) in [5.41, 5.74) is 1.63. The van der Waals surface area contributed by atoms with Gasteiger partial charge in [0.25, 0.3) is 11.8 Å². The summed E-state index contributed by atoms with van der Waals surface area (Å²) < 4.78 is 16.7. The molecule has 128 valence electrons. The highest BCUT2D eigenvalue weighted by Crippen LogP contribution is 2.29. The number of nitrogens with zero attached hydrogens (tertiary/aromatic N) is 2. The first-order chi connectivity index (χ1) is 12.1. The molecule has 0 saturated heterocycles. The van der Waals surface area contributed by atoms with Crippen LogP contribution in [-0.2, 0) is 0 Å². The molecule has 0 aliphatic carbocycles. The van der Waals surface area contributed by atoms with Crippen molar-refractivity contribution in [2.75, 3.05) is 6.61 Å². The Bertz CT molecular complexity index is 924. The van der Waals surface area contributed by atoms with Gasteiger partial charge in [-0.25, -0.2) is 0 Å². The lowest BCUT2D eigenvalue weighted by Gasteiger charge is -2.03. The molecule has 0 aliphatic rings. The maximum Gasteiger partial charge on any atom is 0.259 e. The van der Waals surface area contributed by atoms with E-state index in [4.69, 9.17) is 25.2 Å². The van der Waals surface area contributed by atoms with Gasteiger partial charge >= 0.3 is 0 Å². The second-order valence-corrected chi connectivity index (χ2v) is 5.81. The van der Waals surface area contributed by atoms with Crippen LogP contribution in [0.2, 0.25) is 0 Å². The molecule has 5 nitrogen and oxygen atoms in total. The van der Waals surface area contributed by atoms with E-state index in [0.29, 0.717) is 17.5 Å². The molecule has 0 N–H and O–H groups in total. The van der Waals surface area contributed by atoms with Gasteiger partial charge in [-0.3, -0.25) is 0 Å². The fraction of sp³-hybridized carbons (Fsp3) is 0.158. The molecular formula is C19H17ClN2O3. The molecule has 0 aliphatic heterocycles. The van der Waals surface area contributed by atoms with E-state index < -0.39 is 0 Å². The zero-order valence-corrected chi connectivity index (χ0v) is 14.7. The van der Waals surface area contributed by atoms with Crippen molar-refractivity contribution in [3.63, 3.8) is 0 Å². The van der Waals surface area contributed by atoms with E-state index in [1.807, 2.05) is 44.2 Å². The van der Waals surface area contributed by atoms with Crippen LogP contribution in [0.4, 0.5) is 0 Å². The molecule has 0 fully saturated rings. The molecular weight excluding hydrogens is 340 g/mol. The summed E-state index contributed by atoms with van der Waals surface area (Å²) in [6.07, 6.45) is 3.43. The van der Waals surface area contributed by atoms with E-state index in [2.05, 4.69) is 16.8 Å². The van der Waals surface area contributed by atoms with E-state index in [9.17, 15) is 0 Å². The predicted octanol–water partition coefficient (Wildman–Crippen LogP) is 5.25. The number of benzene rings is 1. The standard InChI is InChI=1S/C19H17ClN2O3/c1-4-8-23-15-7-5-6-14(10-15)11-17(20)19-22-21-18(25-19)16-9-12(2)24-13(16)3/h4-7,9-11H,1,8H2,2-3H3/b17-11-. The summed E-state index contributed by atoms with van der Waals surface area (Å²) >= 11 is 6.33. The van der Waals surface area contributed by atoms with Crippen molar-refractivity contribution in [1.82, 2.24) is 10.2 Å². The summed E-state index contributed by atoms with van der Waals surface area (Å²) in [5, 5.41) is 8.40. The largest absolute Gasteiger partial charge is 0.490 e. The maximum atomic E-state index is 6.33. The average molecular weight is 357 g/mol. The highest BCUT2D eigenvalue weighted by Gasteiger charge is 2.16. The van der Waals surface area contributed by atoms with Gasteiger partial charge in [0.1, 0.15) is 28.9 Å². The molecule has 0 bridgehead atoms. The Balaban J connectivity index is 1.83. The minimum Gasteiger partial charge on any atom is -0.490 e. The summed E-state index contributed by atoms with van der Waals surface area (Å²) in [6.45, 7) is 7.78. The molecule has 3 rings (SSSR count). The van der Waals surface area contributed by atoms with Crippen LogP contribution < -0.4 is 4.74 Å². The second-order valence-electron chi connectivity index (χ2n) is 5.40. The first-order valence-corrected chi connectivity index (χ1v) is 8.07. The number of halogens is 1. The van der Waals surface area contributed by atoms with E-state index in [1.165, 1.54) is 0 Å².